The molecule has 3 rings (SSSR count). The van der Waals surface area contributed by atoms with Gasteiger partial charge in [0, 0.05) is 12.6 Å². The van der Waals surface area contributed by atoms with E-state index in [1.54, 1.807) is 12.1 Å². The van der Waals surface area contributed by atoms with E-state index >= 15 is 0 Å². The number of nitrogens with one attached hydrogen (secondary N) is 1. The maximum atomic E-state index is 9.53. The zero-order valence-electron chi connectivity index (χ0n) is 12.8. The SMILES string of the molecule is Oc1ccc2c(c1)O[C@H](CNCCCc1ccccc1)CC2. The molecule has 0 saturated carbocycles. The number of rotatable bonds is 6. The summed E-state index contributed by atoms with van der Waals surface area (Å²) in [6, 6.07) is 16.0. The molecule has 2 N–H and O–H groups in total. The number of aryl methyl sites for hydroxylation is 2. The molecule has 2 aromatic rings. The summed E-state index contributed by atoms with van der Waals surface area (Å²) in [5, 5.41) is 13.0. The van der Waals surface area contributed by atoms with Crippen LogP contribution in [0.25, 0.3) is 0 Å². The molecule has 116 valence electrons. The Hall–Kier alpha value is -2.00. The van der Waals surface area contributed by atoms with Gasteiger partial charge in [-0.3, -0.25) is 0 Å². The number of aromatic hydroxyl groups is 1. The third kappa shape index (κ3) is 4.01. The first-order chi connectivity index (χ1) is 10.8. The highest BCUT2D eigenvalue weighted by Gasteiger charge is 2.19. The van der Waals surface area contributed by atoms with Gasteiger partial charge in [0.25, 0.3) is 0 Å². The first-order valence-corrected chi connectivity index (χ1v) is 8.04. The minimum atomic E-state index is 0.200. The van der Waals surface area contributed by atoms with Gasteiger partial charge in [-0.25, -0.2) is 0 Å². The third-order valence-corrected chi connectivity index (χ3v) is 4.11. The molecule has 0 radical (unpaired) electrons. The molecule has 3 nitrogen and oxygen atoms in total. The third-order valence-electron chi connectivity index (χ3n) is 4.11. The maximum Gasteiger partial charge on any atom is 0.126 e. The van der Waals surface area contributed by atoms with E-state index in [0.717, 1.165) is 44.5 Å². The molecule has 0 aromatic heterocycles. The van der Waals surface area contributed by atoms with E-state index in [1.807, 2.05) is 6.07 Å². The Morgan fingerprint density at radius 3 is 2.86 bits per heavy atom. The number of phenolic OH excluding ortho intramolecular Hbond substituents is 1. The monoisotopic (exact) mass is 297 g/mol. The first kappa shape index (κ1) is 14.9. The van der Waals surface area contributed by atoms with Gasteiger partial charge in [-0.05, 0) is 49.4 Å². The van der Waals surface area contributed by atoms with Crippen molar-refractivity contribution in [1.82, 2.24) is 5.32 Å². The molecule has 0 saturated heterocycles. The average molecular weight is 297 g/mol. The van der Waals surface area contributed by atoms with Crippen molar-refractivity contribution in [3.05, 3.63) is 59.7 Å². The lowest BCUT2D eigenvalue weighted by molar-refractivity contribution is 0.170. The van der Waals surface area contributed by atoms with Crippen LogP contribution in [0.2, 0.25) is 0 Å². The van der Waals surface area contributed by atoms with Crippen LogP contribution in [-0.4, -0.2) is 24.3 Å². The lowest BCUT2D eigenvalue weighted by Crippen LogP contribution is -2.34. The molecule has 1 aliphatic rings. The fourth-order valence-corrected chi connectivity index (χ4v) is 2.88. The Labute approximate surface area is 131 Å². The predicted octanol–water partition coefficient (Wildman–Crippen LogP) is 3.31. The van der Waals surface area contributed by atoms with Crippen LogP contribution in [0.4, 0.5) is 0 Å². The predicted molar refractivity (Wildman–Crippen MR) is 88.5 cm³/mol. The van der Waals surface area contributed by atoms with E-state index in [9.17, 15) is 5.11 Å². The normalized spacial score (nSPS) is 16.8. The van der Waals surface area contributed by atoms with E-state index in [4.69, 9.17) is 4.74 Å². The summed E-state index contributed by atoms with van der Waals surface area (Å²) in [7, 11) is 0. The van der Waals surface area contributed by atoms with E-state index in [-0.39, 0.29) is 11.9 Å². The molecule has 2 aromatic carbocycles. The maximum absolute atomic E-state index is 9.53. The zero-order chi connectivity index (χ0) is 15.2. The summed E-state index contributed by atoms with van der Waals surface area (Å²) in [4.78, 5) is 0. The first-order valence-electron chi connectivity index (χ1n) is 8.04. The number of hydrogen-bond donors (Lipinski definition) is 2. The van der Waals surface area contributed by atoms with E-state index < -0.39 is 0 Å². The van der Waals surface area contributed by atoms with Crippen molar-refractivity contribution in [2.45, 2.75) is 31.8 Å². The lowest BCUT2D eigenvalue weighted by Gasteiger charge is -2.26. The Balaban J connectivity index is 1.38. The van der Waals surface area contributed by atoms with Crippen molar-refractivity contribution in [3.63, 3.8) is 0 Å². The van der Waals surface area contributed by atoms with Crippen molar-refractivity contribution in [2.24, 2.45) is 0 Å². The van der Waals surface area contributed by atoms with Gasteiger partial charge in [0.05, 0.1) is 0 Å². The van der Waals surface area contributed by atoms with Crippen LogP contribution in [0.1, 0.15) is 24.0 Å². The molecule has 0 amide bonds. The molecule has 0 aliphatic carbocycles. The van der Waals surface area contributed by atoms with Crippen molar-refractivity contribution in [2.75, 3.05) is 13.1 Å². The van der Waals surface area contributed by atoms with Gasteiger partial charge >= 0.3 is 0 Å². The molecule has 0 bridgehead atoms. The molecule has 0 unspecified atom stereocenters. The summed E-state index contributed by atoms with van der Waals surface area (Å²) in [6.45, 7) is 1.87. The second-order valence-electron chi connectivity index (χ2n) is 5.86. The molecule has 1 heterocycles. The van der Waals surface area contributed by atoms with Crippen molar-refractivity contribution >= 4 is 0 Å². The minimum Gasteiger partial charge on any atom is -0.508 e. The molecular weight excluding hydrogens is 274 g/mol. The van der Waals surface area contributed by atoms with Crippen molar-refractivity contribution < 1.29 is 9.84 Å². The highest BCUT2D eigenvalue weighted by Crippen LogP contribution is 2.30. The number of fused-ring (bicyclic) bond motifs is 1. The second kappa shape index (κ2) is 7.32. The fraction of sp³-hybridized carbons (Fsp3) is 0.368. The van der Waals surface area contributed by atoms with Gasteiger partial charge in [0.1, 0.15) is 17.6 Å². The molecule has 22 heavy (non-hydrogen) atoms. The zero-order valence-corrected chi connectivity index (χ0v) is 12.8. The lowest BCUT2D eigenvalue weighted by atomic mass is 10.0. The van der Waals surface area contributed by atoms with Gasteiger partial charge < -0.3 is 15.2 Å². The molecular formula is C19H23NO2. The van der Waals surface area contributed by atoms with Crippen LogP contribution < -0.4 is 10.1 Å². The summed E-state index contributed by atoms with van der Waals surface area (Å²) >= 11 is 0. The minimum absolute atomic E-state index is 0.200. The second-order valence-corrected chi connectivity index (χ2v) is 5.86. The van der Waals surface area contributed by atoms with Crippen LogP contribution in [0, 0.1) is 0 Å². The smallest absolute Gasteiger partial charge is 0.126 e. The Kier molecular flexibility index (Phi) is 4.96. The van der Waals surface area contributed by atoms with Crippen molar-refractivity contribution in [1.29, 1.82) is 0 Å². The van der Waals surface area contributed by atoms with Gasteiger partial charge in [-0.2, -0.15) is 0 Å². The molecule has 1 atom stereocenters. The largest absolute Gasteiger partial charge is 0.508 e. The Bertz CT molecular complexity index is 598. The Morgan fingerprint density at radius 1 is 1.14 bits per heavy atom. The highest BCUT2D eigenvalue weighted by molar-refractivity contribution is 5.41. The fourth-order valence-electron chi connectivity index (χ4n) is 2.88. The van der Waals surface area contributed by atoms with E-state index in [2.05, 4.69) is 35.6 Å². The van der Waals surface area contributed by atoms with Crippen molar-refractivity contribution in [3.8, 4) is 11.5 Å². The summed E-state index contributed by atoms with van der Waals surface area (Å²) < 4.78 is 5.96. The van der Waals surface area contributed by atoms with E-state index in [1.165, 1.54) is 11.1 Å². The highest BCUT2D eigenvalue weighted by atomic mass is 16.5. The van der Waals surface area contributed by atoms with Crippen LogP contribution in [0.15, 0.2) is 48.5 Å². The number of hydrogen-bond acceptors (Lipinski definition) is 3. The van der Waals surface area contributed by atoms with Crippen LogP contribution in [-0.2, 0) is 12.8 Å². The van der Waals surface area contributed by atoms with Crippen LogP contribution in [0.5, 0.6) is 11.5 Å². The number of benzene rings is 2. The molecule has 1 aliphatic heterocycles. The summed E-state index contributed by atoms with van der Waals surface area (Å²) in [5.74, 6) is 1.11. The standard InChI is InChI=1S/C19H23NO2/c21-17-10-8-16-9-11-18(22-19(16)13-17)14-20-12-4-7-15-5-2-1-3-6-15/h1-3,5-6,8,10,13,18,20-21H,4,7,9,11-12,14H2/t18-/m0/s1. The van der Waals surface area contributed by atoms with Crippen LogP contribution >= 0.6 is 0 Å². The Morgan fingerprint density at radius 2 is 2.00 bits per heavy atom. The van der Waals surface area contributed by atoms with E-state index in [0.29, 0.717) is 0 Å². The molecule has 3 heteroatoms. The summed E-state index contributed by atoms with van der Waals surface area (Å²) in [5.41, 5.74) is 2.58. The number of ether oxygens (including phenoxy) is 1. The quantitative estimate of drug-likeness (QED) is 0.804. The van der Waals surface area contributed by atoms with Gasteiger partial charge in [0.15, 0.2) is 0 Å². The molecule has 0 spiro atoms. The van der Waals surface area contributed by atoms with Gasteiger partial charge in [-0.15, -0.1) is 0 Å². The van der Waals surface area contributed by atoms with Crippen LogP contribution in [0.3, 0.4) is 0 Å². The average Bonchev–Trinajstić information content (AvgIpc) is 2.55. The molecule has 0 fully saturated rings. The van der Waals surface area contributed by atoms with Gasteiger partial charge in [-0.1, -0.05) is 36.4 Å². The topological polar surface area (TPSA) is 41.5 Å². The van der Waals surface area contributed by atoms with Gasteiger partial charge in [0.2, 0.25) is 0 Å². The summed E-state index contributed by atoms with van der Waals surface area (Å²) in [6.07, 6.45) is 4.49. The number of phenols is 1.